The molecule has 0 aliphatic heterocycles. The third-order valence-corrected chi connectivity index (χ3v) is 4.84. The Balaban J connectivity index is 2.03. The molecule has 0 saturated heterocycles. The van der Waals surface area contributed by atoms with Crippen LogP contribution in [0.2, 0.25) is 0 Å². The first-order chi connectivity index (χ1) is 7.81. The lowest BCUT2D eigenvalue weighted by molar-refractivity contribution is 0.372. The molecule has 1 aromatic carbocycles. The zero-order chi connectivity index (χ0) is 11.4. The molecule has 2 rings (SSSR count). The lowest BCUT2D eigenvalue weighted by Gasteiger charge is -2.22. The van der Waals surface area contributed by atoms with E-state index in [2.05, 4.69) is 47.1 Å². The Morgan fingerprint density at radius 3 is 2.56 bits per heavy atom. The highest BCUT2D eigenvalue weighted by molar-refractivity contribution is 9.09. The molecule has 0 radical (unpaired) electrons. The minimum atomic E-state index is 0.837. The highest BCUT2D eigenvalue weighted by atomic mass is 79.9. The first-order valence-corrected chi connectivity index (χ1v) is 7.54. The third kappa shape index (κ3) is 2.88. The standard InChI is InChI=1S/C15H21Br/c1-12-6-2-3-9-14(12)10-15(11-16)13-7-4-5-8-13/h2-3,6,9,13,15H,4-5,7-8,10-11H2,1H3. The summed E-state index contributed by atoms with van der Waals surface area (Å²) in [5, 5.41) is 1.16. The van der Waals surface area contributed by atoms with Gasteiger partial charge in [0.2, 0.25) is 0 Å². The molecule has 1 atom stereocenters. The van der Waals surface area contributed by atoms with E-state index >= 15 is 0 Å². The van der Waals surface area contributed by atoms with Gasteiger partial charge in [-0.15, -0.1) is 0 Å². The molecule has 1 aliphatic carbocycles. The quantitative estimate of drug-likeness (QED) is 0.699. The predicted octanol–water partition coefficient (Wildman–Crippen LogP) is 4.74. The highest BCUT2D eigenvalue weighted by Gasteiger charge is 2.24. The number of hydrogen-bond donors (Lipinski definition) is 0. The van der Waals surface area contributed by atoms with Crippen LogP contribution in [0.4, 0.5) is 0 Å². The Morgan fingerprint density at radius 1 is 1.25 bits per heavy atom. The van der Waals surface area contributed by atoms with Gasteiger partial charge in [0.05, 0.1) is 0 Å². The summed E-state index contributed by atoms with van der Waals surface area (Å²) >= 11 is 3.71. The largest absolute Gasteiger partial charge is 0.0925 e. The molecular weight excluding hydrogens is 260 g/mol. The van der Waals surface area contributed by atoms with E-state index in [4.69, 9.17) is 0 Å². The van der Waals surface area contributed by atoms with Crippen LogP contribution in [0.3, 0.4) is 0 Å². The lowest BCUT2D eigenvalue weighted by Crippen LogP contribution is -2.16. The SMILES string of the molecule is Cc1ccccc1CC(CBr)C1CCCC1. The van der Waals surface area contributed by atoms with Gasteiger partial charge in [-0.3, -0.25) is 0 Å². The molecule has 16 heavy (non-hydrogen) atoms. The fourth-order valence-corrected chi connectivity index (χ4v) is 3.66. The number of benzene rings is 1. The Hall–Kier alpha value is -0.300. The van der Waals surface area contributed by atoms with Gasteiger partial charge < -0.3 is 0 Å². The summed E-state index contributed by atoms with van der Waals surface area (Å²) in [5.74, 6) is 1.79. The lowest BCUT2D eigenvalue weighted by atomic mass is 9.86. The molecule has 0 aromatic heterocycles. The second-order valence-corrected chi connectivity index (χ2v) is 5.74. The average Bonchev–Trinajstić information content (AvgIpc) is 2.81. The molecule has 1 fully saturated rings. The summed E-state index contributed by atoms with van der Waals surface area (Å²) < 4.78 is 0. The van der Waals surface area contributed by atoms with Gasteiger partial charge in [-0.25, -0.2) is 0 Å². The van der Waals surface area contributed by atoms with Crippen LogP contribution in [-0.4, -0.2) is 5.33 Å². The highest BCUT2D eigenvalue weighted by Crippen LogP contribution is 2.34. The minimum Gasteiger partial charge on any atom is -0.0925 e. The molecule has 0 spiro atoms. The molecule has 1 aliphatic rings. The Morgan fingerprint density at radius 2 is 1.94 bits per heavy atom. The summed E-state index contributed by atoms with van der Waals surface area (Å²) in [7, 11) is 0. The van der Waals surface area contributed by atoms with Crippen molar-refractivity contribution in [2.24, 2.45) is 11.8 Å². The van der Waals surface area contributed by atoms with E-state index in [1.54, 1.807) is 5.56 Å². The van der Waals surface area contributed by atoms with E-state index in [9.17, 15) is 0 Å². The molecule has 1 unspecified atom stereocenters. The van der Waals surface area contributed by atoms with Gasteiger partial charge in [-0.1, -0.05) is 65.9 Å². The number of alkyl halides is 1. The maximum Gasteiger partial charge on any atom is 0.00654 e. The maximum atomic E-state index is 3.71. The monoisotopic (exact) mass is 280 g/mol. The predicted molar refractivity (Wildman–Crippen MR) is 74.1 cm³/mol. The van der Waals surface area contributed by atoms with Crippen LogP contribution in [0.25, 0.3) is 0 Å². The van der Waals surface area contributed by atoms with Gasteiger partial charge in [0, 0.05) is 5.33 Å². The van der Waals surface area contributed by atoms with Gasteiger partial charge in [0.25, 0.3) is 0 Å². The van der Waals surface area contributed by atoms with E-state index in [1.165, 1.54) is 37.7 Å². The molecule has 0 bridgehead atoms. The van der Waals surface area contributed by atoms with Gasteiger partial charge in [0.15, 0.2) is 0 Å². The topological polar surface area (TPSA) is 0 Å². The fourth-order valence-electron chi connectivity index (χ4n) is 2.90. The van der Waals surface area contributed by atoms with Crippen molar-refractivity contribution in [3.63, 3.8) is 0 Å². The van der Waals surface area contributed by atoms with Crippen molar-refractivity contribution >= 4 is 15.9 Å². The summed E-state index contributed by atoms with van der Waals surface area (Å²) in [6, 6.07) is 8.83. The van der Waals surface area contributed by atoms with Crippen LogP contribution in [0.15, 0.2) is 24.3 Å². The van der Waals surface area contributed by atoms with E-state index in [-0.39, 0.29) is 0 Å². The first kappa shape index (κ1) is 12.2. The molecule has 1 heteroatoms. The number of halogens is 1. The molecule has 88 valence electrons. The summed E-state index contributed by atoms with van der Waals surface area (Å²) in [4.78, 5) is 0. The summed E-state index contributed by atoms with van der Waals surface area (Å²) in [6.45, 7) is 2.23. The van der Waals surface area contributed by atoms with Crippen LogP contribution in [0.5, 0.6) is 0 Å². The number of aryl methyl sites for hydroxylation is 1. The van der Waals surface area contributed by atoms with Crippen LogP contribution in [0.1, 0.15) is 36.8 Å². The normalized spacial score (nSPS) is 18.9. The smallest absolute Gasteiger partial charge is 0.00654 e. The summed E-state index contributed by atoms with van der Waals surface area (Å²) in [6.07, 6.45) is 7.04. The molecule has 0 heterocycles. The molecular formula is C15H21Br. The average molecular weight is 281 g/mol. The van der Waals surface area contributed by atoms with Crippen molar-refractivity contribution < 1.29 is 0 Å². The van der Waals surface area contributed by atoms with E-state index in [0.717, 1.165) is 17.2 Å². The second kappa shape index (κ2) is 5.86. The van der Waals surface area contributed by atoms with E-state index in [1.807, 2.05) is 0 Å². The van der Waals surface area contributed by atoms with Crippen molar-refractivity contribution in [3.05, 3.63) is 35.4 Å². The first-order valence-electron chi connectivity index (χ1n) is 6.41. The zero-order valence-corrected chi connectivity index (χ0v) is 11.7. The number of rotatable bonds is 4. The van der Waals surface area contributed by atoms with Crippen molar-refractivity contribution in [1.29, 1.82) is 0 Å². The Bertz CT molecular complexity index is 326. The summed E-state index contributed by atoms with van der Waals surface area (Å²) in [5.41, 5.74) is 2.99. The van der Waals surface area contributed by atoms with Crippen molar-refractivity contribution in [2.45, 2.75) is 39.0 Å². The maximum absolute atomic E-state index is 3.71. The van der Waals surface area contributed by atoms with Gasteiger partial charge in [0.1, 0.15) is 0 Å². The van der Waals surface area contributed by atoms with Crippen molar-refractivity contribution in [2.75, 3.05) is 5.33 Å². The molecule has 0 amide bonds. The zero-order valence-electron chi connectivity index (χ0n) is 10.1. The number of hydrogen-bond acceptors (Lipinski definition) is 0. The van der Waals surface area contributed by atoms with Crippen molar-refractivity contribution in [3.8, 4) is 0 Å². The van der Waals surface area contributed by atoms with Crippen LogP contribution >= 0.6 is 15.9 Å². The van der Waals surface area contributed by atoms with Crippen LogP contribution in [0, 0.1) is 18.8 Å². The molecule has 1 saturated carbocycles. The Kier molecular flexibility index (Phi) is 4.45. The molecule has 0 nitrogen and oxygen atoms in total. The van der Waals surface area contributed by atoms with E-state index in [0.29, 0.717) is 0 Å². The van der Waals surface area contributed by atoms with E-state index < -0.39 is 0 Å². The van der Waals surface area contributed by atoms with Gasteiger partial charge >= 0.3 is 0 Å². The van der Waals surface area contributed by atoms with Crippen LogP contribution < -0.4 is 0 Å². The van der Waals surface area contributed by atoms with Gasteiger partial charge in [-0.05, 0) is 36.3 Å². The minimum absolute atomic E-state index is 0.837. The molecule has 0 N–H and O–H groups in total. The Labute approximate surface area is 108 Å². The molecule has 1 aromatic rings. The fraction of sp³-hybridized carbons (Fsp3) is 0.600. The van der Waals surface area contributed by atoms with Crippen LogP contribution in [-0.2, 0) is 6.42 Å². The second-order valence-electron chi connectivity index (χ2n) is 5.09. The van der Waals surface area contributed by atoms with Crippen molar-refractivity contribution in [1.82, 2.24) is 0 Å². The third-order valence-electron chi connectivity index (χ3n) is 4.01. The van der Waals surface area contributed by atoms with Gasteiger partial charge in [-0.2, -0.15) is 0 Å².